The van der Waals surface area contributed by atoms with Crippen LogP contribution in [-0.2, 0) is 31.5 Å². The molecule has 0 amide bonds. The second kappa shape index (κ2) is 14.4. The van der Waals surface area contributed by atoms with Crippen molar-refractivity contribution >= 4 is 48.2 Å². The lowest BCUT2D eigenvalue weighted by atomic mass is 9.83. The van der Waals surface area contributed by atoms with Crippen molar-refractivity contribution < 1.29 is 31.8 Å². The summed E-state index contributed by atoms with van der Waals surface area (Å²) in [6, 6.07) is 15.6. The normalized spacial score (nSPS) is 16.8. The van der Waals surface area contributed by atoms with Gasteiger partial charge >= 0.3 is 0 Å². The molecule has 0 fully saturated rings. The maximum Gasteiger partial charge on any atom is 0.166 e. The molecule has 2 atom stereocenters. The fourth-order valence-corrected chi connectivity index (χ4v) is 6.72. The highest BCUT2D eigenvalue weighted by molar-refractivity contribution is 9.10. The van der Waals surface area contributed by atoms with Crippen molar-refractivity contribution in [2.75, 3.05) is 24.8 Å². The first kappa shape index (κ1) is 33.6. The summed E-state index contributed by atoms with van der Waals surface area (Å²) in [5, 5.41) is 3.64. The maximum atomic E-state index is 13.6. The lowest BCUT2D eigenvalue weighted by Crippen LogP contribution is -2.42. The molecular weight excluding hydrogens is 677 g/mol. The van der Waals surface area contributed by atoms with Crippen LogP contribution < -0.4 is 14.8 Å². The molecule has 0 bridgehead atoms. The van der Waals surface area contributed by atoms with Crippen LogP contribution in [0.1, 0.15) is 44.7 Å². The lowest BCUT2D eigenvalue weighted by molar-refractivity contribution is -0.108. The van der Waals surface area contributed by atoms with E-state index in [1.807, 2.05) is 43.3 Å². The van der Waals surface area contributed by atoms with Crippen molar-refractivity contribution in [1.82, 2.24) is 9.97 Å². The second-order valence-corrected chi connectivity index (χ2v) is 14.8. The Morgan fingerprint density at radius 1 is 1.11 bits per heavy atom. The van der Waals surface area contributed by atoms with Crippen LogP contribution in [0.3, 0.4) is 0 Å². The summed E-state index contributed by atoms with van der Waals surface area (Å²) < 4.78 is 63.5. The number of benzene rings is 3. The minimum atomic E-state index is -3.27. The number of sulfone groups is 1. The van der Waals surface area contributed by atoms with E-state index in [9.17, 15) is 12.8 Å². The topological polar surface area (TPSA) is 109 Å². The first-order valence-electron chi connectivity index (χ1n) is 15.0. The largest absolute Gasteiger partial charge is 0.496 e. The van der Waals surface area contributed by atoms with Crippen molar-refractivity contribution in [3.05, 3.63) is 94.7 Å². The van der Waals surface area contributed by atoms with Crippen LogP contribution in [0.5, 0.6) is 11.5 Å². The standard InChI is InChI=1S/C34H37BrFN3O6S/c1-5-32(43-14-15-46(40,41)22(2)3)34(12-7-13-45-34)27-18-26-29(19-31(27)42-4)37-21-38-33(26)39-25-10-11-30(28(35)17-25)44-20-23-8-6-9-24(36)16-23/h6-11,13,16-19,21-22,32H,5,12,14-15,20H2,1-4H3,(H,37,38,39). The summed E-state index contributed by atoms with van der Waals surface area (Å²) in [6.07, 6.45) is 5.67. The van der Waals surface area contributed by atoms with Gasteiger partial charge in [0, 0.05) is 29.1 Å². The third-order valence-electron chi connectivity index (χ3n) is 7.98. The number of nitrogens with zero attached hydrogens (tertiary/aromatic N) is 2. The van der Waals surface area contributed by atoms with Gasteiger partial charge in [-0.3, -0.25) is 0 Å². The van der Waals surface area contributed by atoms with Crippen LogP contribution >= 0.6 is 15.9 Å². The number of hydrogen-bond acceptors (Lipinski definition) is 9. The molecule has 5 rings (SSSR count). The zero-order chi connectivity index (χ0) is 32.9. The Labute approximate surface area is 277 Å². The van der Waals surface area contributed by atoms with E-state index in [0.717, 1.165) is 22.2 Å². The molecule has 0 saturated carbocycles. The number of hydrogen-bond donors (Lipinski definition) is 1. The van der Waals surface area contributed by atoms with Gasteiger partial charge in [0.25, 0.3) is 0 Å². The van der Waals surface area contributed by atoms with Crippen molar-refractivity contribution in [3.63, 3.8) is 0 Å². The highest BCUT2D eigenvalue weighted by atomic mass is 79.9. The van der Waals surface area contributed by atoms with Gasteiger partial charge in [-0.25, -0.2) is 22.8 Å². The summed E-state index contributed by atoms with van der Waals surface area (Å²) in [5.41, 5.74) is 1.92. The Hall–Kier alpha value is -3.74. The van der Waals surface area contributed by atoms with Crippen molar-refractivity contribution in [2.24, 2.45) is 0 Å². The van der Waals surface area contributed by atoms with Crippen LogP contribution in [0.25, 0.3) is 10.9 Å². The third-order valence-corrected chi connectivity index (χ3v) is 10.8. The van der Waals surface area contributed by atoms with Crippen LogP contribution in [0.2, 0.25) is 0 Å². The molecule has 3 aromatic carbocycles. The number of ether oxygens (including phenoxy) is 4. The third kappa shape index (κ3) is 7.29. The predicted octanol–water partition coefficient (Wildman–Crippen LogP) is 7.61. The first-order valence-corrected chi connectivity index (χ1v) is 17.5. The monoisotopic (exact) mass is 713 g/mol. The van der Waals surface area contributed by atoms with Gasteiger partial charge in [0.1, 0.15) is 42.2 Å². The smallest absolute Gasteiger partial charge is 0.166 e. The van der Waals surface area contributed by atoms with Gasteiger partial charge in [-0.15, -0.1) is 0 Å². The van der Waals surface area contributed by atoms with Crippen LogP contribution in [0.4, 0.5) is 15.9 Å². The van der Waals surface area contributed by atoms with E-state index >= 15 is 0 Å². The molecule has 4 aromatic rings. The molecule has 1 aromatic heterocycles. The van der Waals surface area contributed by atoms with Gasteiger partial charge in [-0.1, -0.05) is 19.1 Å². The molecule has 9 nitrogen and oxygen atoms in total. The molecular formula is C34H37BrFN3O6S. The molecule has 46 heavy (non-hydrogen) atoms. The van der Waals surface area contributed by atoms with Crippen LogP contribution in [0, 0.1) is 5.82 Å². The second-order valence-electron chi connectivity index (χ2n) is 11.2. The van der Waals surface area contributed by atoms with E-state index in [0.29, 0.717) is 40.1 Å². The molecule has 1 aliphatic heterocycles. The maximum absolute atomic E-state index is 13.6. The van der Waals surface area contributed by atoms with E-state index in [1.165, 1.54) is 18.5 Å². The Morgan fingerprint density at radius 3 is 2.61 bits per heavy atom. The lowest BCUT2D eigenvalue weighted by Gasteiger charge is -2.37. The molecule has 244 valence electrons. The molecule has 0 spiro atoms. The number of fused-ring (bicyclic) bond motifs is 1. The molecule has 0 aliphatic carbocycles. The van der Waals surface area contributed by atoms with Gasteiger partial charge in [0.05, 0.1) is 41.0 Å². The Bertz CT molecular complexity index is 1830. The van der Waals surface area contributed by atoms with E-state index in [-0.39, 0.29) is 24.8 Å². The number of halogens is 2. The van der Waals surface area contributed by atoms with Crippen molar-refractivity contribution in [1.29, 1.82) is 0 Å². The highest BCUT2D eigenvalue weighted by Gasteiger charge is 2.46. The number of methoxy groups -OCH3 is 1. The summed E-state index contributed by atoms with van der Waals surface area (Å²) in [5.74, 6) is 1.35. The Morgan fingerprint density at radius 2 is 1.93 bits per heavy atom. The highest BCUT2D eigenvalue weighted by Crippen LogP contribution is 2.46. The molecule has 0 saturated heterocycles. The quantitative estimate of drug-likeness (QED) is 0.141. The van der Waals surface area contributed by atoms with Gasteiger partial charge in [-0.05, 0) is 84.2 Å². The molecule has 1 N–H and O–H groups in total. The minimum absolute atomic E-state index is 0.0484. The van der Waals surface area contributed by atoms with Crippen molar-refractivity contribution in [3.8, 4) is 11.5 Å². The summed E-state index contributed by atoms with van der Waals surface area (Å²) in [6.45, 7) is 5.59. The van der Waals surface area contributed by atoms with E-state index in [1.54, 1.807) is 39.4 Å². The molecule has 2 heterocycles. The molecule has 0 radical (unpaired) electrons. The number of rotatable bonds is 14. The number of aromatic nitrogens is 2. The molecule has 1 aliphatic rings. The van der Waals surface area contributed by atoms with E-state index in [4.69, 9.17) is 18.9 Å². The molecule has 2 unspecified atom stereocenters. The summed E-state index contributed by atoms with van der Waals surface area (Å²) in [7, 11) is -1.68. The average molecular weight is 715 g/mol. The fourth-order valence-electron chi connectivity index (χ4n) is 5.42. The zero-order valence-corrected chi connectivity index (χ0v) is 28.5. The van der Waals surface area contributed by atoms with Crippen LogP contribution in [0.15, 0.2) is 77.7 Å². The minimum Gasteiger partial charge on any atom is -0.496 e. The number of nitrogens with one attached hydrogen (secondary N) is 1. The fraction of sp³-hybridized carbons (Fsp3) is 0.353. The first-order chi connectivity index (χ1) is 22.1. The molecule has 12 heteroatoms. The Balaban J connectivity index is 1.43. The Kier molecular flexibility index (Phi) is 10.5. The van der Waals surface area contributed by atoms with Gasteiger partial charge < -0.3 is 24.3 Å². The van der Waals surface area contributed by atoms with Gasteiger partial charge in [0.15, 0.2) is 15.4 Å². The SMILES string of the molecule is CCC(OCCS(=O)(=O)C(C)C)C1(c2cc3c(Nc4ccc(OCc5cccc(F)c5)c(Br)c4)ncnc3cc2OC)CC=CO1. The summed E-state index contributed by atoms with van der Waals surface area (Å²) in [4.78, 5) is 9.03. The number of anilines is 2. The summed E-state index contributed by atoms with van der Waals surface area (Å²) >= 11 is 3.58. The predicted molar refractivity (Wildman–Crippen MR) is 180 cm³/mol. The van der Waals surface area contributed by atoms with Crippen molar-refractivity contribution in [2.45, 2.75) is 57.2 Å². The van der Waals surface area contributed by atoms with Gasteiger partial charge in [-0.2, -0.15) is 0 Å². The van der Waals surface area contributed by atoms with Gasteiger partial charge in [0.2, 0.25) is 0 Å². The van der Waals surface area contributed by atoms with E-state index in [2.05, 4.69) is 31.2 Å². The van der Waals surface area contributed by atoms with Crippen LogP contribution in [-0.4, -0.2) is 49.2 Å². The average Bonchev–Trinajstić information content (AvgIpc) is 3.53. The van der Waals surface area contributed by atoms with E-state index < -0.39 is 26.8 Å². The zero-order valence-electron chi connectivity index (χ0n) is 26.1.